The summed E-state index contributed by atoms with van der Waals surface area (Å²) in [6.07, 6.45) is 4.82. The molecule has 0 spiro atoms. The predicted octanol–water partition coefficient (Wildman–Crippen LogP) is 4.04. The number of hydrogen-bond donors (Lipinski definition) is 0. The molecule has 124 valence electrons. The van der Waals surface area contributed by atoms with Gasteiger partial charge < -0.3 is 4.90 Å². The van der Waals surface area contributed by atoms with Crippen LogP contribution in [-0.2, 0) is 0 Å². The van der Waals surface area contributed by atoms with E-state index in [0.717, 1.165) is 47.3 Å². The number of fused-ring (bicyclic) bond motifs is 3. The van der Waals surface area contributed by atoms with Crippen LogP contribution < -0.4 is 4.90 Å². The van der Waals surface area contributed by atoms with E-state index in [9.17, 15) is 0 Å². The summed E-state index contributed by atoms with van der Waals surface area (Å²) < 4.78 is 2.20. The molecule has 0 atom stereocenters. The van der Waals surface area contributed by atoms with Crippen molar-refractivity contribution in [2.45, 2.75) is 38.5 Å². The van der Waals surface area contributed by atoms with Crippen molar-refractivity contribution in [3.05, 3.63) is 29.0 Å². The van der Waals surface area contributed by atoms with Crippen molar-refractivity contribution in [1.82, 2.24) is 19.6 Å². The van der Waals surface area contributed by atoms with E-state index in [-0.39, 0.29) is 0 Å². The predicted molar refractivity (Wildman–Crippen MR) is 95.9 cm³/mol. The lowest BCUT2D eigenvalue weighted by Gasteiger charge is -2.31. The highest BCUT2D eigenvalue weighted by molar-refractivity contribution is 6.31. The Kier molecular flexibility index (Phi) is 3.20. The second-order valence-electron chi connectivity index (χ2n) is 7.23. The third-order valence-electron chi connectivity index (χ3n) is 5.32. The Morgan fingerprint density at radius 2 is 1.88 bits per heavy atom. The molecule has 1 aliphatic carbocycles. The Labute approximate surface area is 145 Å². The summed E-state index contributed by atoms with van der Waals surface area (Å²) in [5.41, 5.74) is 1.81. The van der Waals surface area contributed by atoms with E-state index in [1.54, 1.807) is 0 Å². The first-order valence-corrected chi connectivity index (χ1v) is 9.18. The number of rotatable bonds is 2. The summed E-state index contributed by atoms with van der Waals surface area (Å²) in [6.45, 7) is 4.41. The molecule has 3 aromatic rings. The third-order valence-corrected chi connectivity index (χ3v) is 5.55. The summed E-state index contributed by atoms with van der Waals surface area (Å²) in [7, 11) is 0. The molecule has 0 bridgehead atoms. The largest absolute Gasteiger partial charge is 0.342 e. The molecule has 1 saturated heterocycles. The van der Waals surface area contributed by atoms with Gasteiger partial charge >= 0.3 is 0 Å². The second kappa shape index (κ2) is 5.31. The zero-order valence-electron chi connectivity index (χ0n) is 13.7. The second-order valence-corrected chi connectivity index (χ2v) is 7.67. The molecule has 3 heterocycles. The van der Waals surface area contributed by atoms with Crippen molar-refractivity contribution in [2.75, 3.05) is 18.0 Å². The maximum absolute atomic E-state index is 6.20. The zero-order valence-corrected chi connectivity index (χ0v) is 14.5. The molecule has 1 saturated carbocycles. The maximum Gasteiger partial charge on any atom is 0.213 e. The van der Waals surface area contributed by atoms with Gasteiger partial charge in [0.25, 0.3) is 0 Å². The van der Waals surface area contributed by atoms with E-state index in [1.807, 2.05) is 18.2 Å². The van der Waals surface area contributed by atoms with E-state index >= 15 is 0 Å². The average molecular weight is 342 g/mol. The van der Waals surface area contributed by atoms with Crippen LogP contribution in [0.2, 0.25) is 5.02 Å². The van der Waals surface area contributed by atoms with Crippen molar-refractivity contribution in [1.29, 1.82) is 0 Å². The summed E-state index contributed by atoms with van der Waals surface area (Å²) in [5.74, 6) is 3.38. The van der Waals surface area contributed by atoms with Crippen molar-refractivity contribution in [2.24, 2.45) is 5.92 Å². The van der Waals surface area contributed by atoms with Crippen LogP contribution in [-0.4, -0.2) is 32.7 Å². The molecule has 2 aliphatic rings. The molecule has 1 aliphatic heterocycles. The van der Waals surface area contributed by atoms with Crippen LogP contribution in [0.25, 0.3) is 16.6 Å². The van der Waals surface area contributed by atoms with Gasteiger partial charge in [-0.1, -0.05) is 18.5 Å². The number of nitrogens with zero attached hydrogens (tertiary/aromatic N) is 5. The Balaban J connectivity index is 1.76. The fourth-order valence-electron chi connectivity index (χ4n) is 3.64. The first kappa shape index (κ1) is 14.5. The lowest BCUT2D eigenvalue weighted by Crippen LogP contribution is -2.35. The molecular weight excluding hydrogens is 322 g/mol. The lowest BCUT2D eigenvalue weighted by molar-refractivity contribution is 0.433. The molecule has 6 heteroatoms. The van der Waals surface area contributed by atoms with Gasteiger partial charge in [0.1, 0.15) is 5.82 Å². The quantitative estimate of drug-likeness (QED) is 0.705. The number of hydrogen-bond acceptors (Lipinski definition) is 4. The minimum absolute atomic E-state index is 0.536. The highest BCUT2D eigenvalue weighted by Gasteiger charge is 2.31. The topological polar surface area (TPSA) is 46.3 Å². The average Bonchev–Trinajstić information content (AvgIpc) is 3.33. The van der Waals surface area contributed by atoms with E-state index in [4.69, 9.17) is 16.6 Å². The number of piperidine rings is 1. The molecule has 0 N–H and O–H groups in total. The Bertz CT molecular complexity index is 922. The minimum Gasteiger partial charge on any atom is -0.342 e. The van der Waals surface area contributed by atoms with Crippen LogP contribution in [0, 0.1) is 5.92 Å². The minimum atomic E-state index is 0.536. The van der Waals surface area contributed by atoms with Crippen LogP contribution in [0.15, 0.2) is 18.2 Å². The third kappa shape index (κ3) is 2.25. The summed E-state index contributed by atoms with van der Waals surface area (Å²) >= 11 is 6.20. The first-order valence-electron chi connectivity index (χ1n) is 8.80. The van der Waals surface area contributed by atoms with Crippen LogP contribution in [0.3, 0.4) is 0 Å². The van der Waals surface area contributed by atoms with Crippen LogP contribution in [0.1, 0.15) is 44.3 Å². The van der Waals surface area contributed by atoms with Gasteiger partial charge in [-0.25, -0.2) is 9.38 Å². The molecule has 5 nitrogen and oxygen atoms in total. The lowest BCUT2D eigenvalue weighted by atomic mass is 10.00. The Hall–Kier alpha value is -1.88. The molecule has 0 unspecified atom stereocenters. The zero-order chi connectivity index (χ0) is 16.3. The van der Waals surface area contributed by atoms with Crippen LogP contribution in [0.4, 0.5) is 5.95 Å². The molecule has 0 amide bonds. The molecule has 24 heavy (non-hydrogen) atoms. The number of anilines is 1. The van der Waals surface area contributed by atoms with Gasteiger partial charge in [-0.05, 0) is 49.8 Å². The summed E-state index contributed by atoms with van der Waals surface area (Å²) in [5, 5.41) is 10.8. The molecule has 1 aromatic carbocycles. The van der Waals surface area contributed by atoms with Crippen molar-refractivity contribution in [3.63, 3.8) is 0 Å². The summed E-state index contributed by atoms with van der Waals surface area (Å²) in [6, 6.07) is 5.84. The van der Waals surface area contributed by atoms with Gasteiger partial charge in [0.05, 0.1) is 5.52 Å². The maximum atomic E-state index is 6.20. The number of halogens is 1. The molecule has 2 aromatic heterocycles. The highest BCUT2D eigenvalue weighted by atomic mass is 35.5. The molecule has 5 rings (SSSR count). The van der Waals surface area contributed by atoms with E-state index < -0.39 is 0 Å². The van der Waals surface area contributed by atoms with Crippen molar-refractivity contribution >= 4 is 34.1 Å². The SMILES string of the molecule is CC1CCN(c2nc3cc(Cl)ccc3c3nnc(C4CC4)n23)CC1. The van der Waals surface area contributed by atoms with Gasteiger partial charge in [-0.2, -0.15) is 0 Å². The summed E-state index contributed by atoms with van der Waals surface area (Å²) in [4.78, 5) is 7.37. The molecule has 0 radical (unpaired) electrons. The smallest absolute Gasteiger partial charge is 0.213 e. The van der Waals surface area contributed by atoms with E-state index in [2.05, 4.69) is 26.4 Å². The number of aromatic nitrogens is 4. The van der Waals surface area contributed by atoms with Crippen LogP contribution in [0.5, 0.6) is 0 Å². The van der Waals surface area contributed by atoms with Crippen LogP contribution >= 0.6 is 11.6 Å². The number of benzene rings is 1. The van der Waals surface area contributed by atoms with E-state index in [0.29, 0.717) is 10.9 Å². The van der Waals surface area contributed by atoms with E-state index in [1.165, 1.54) is 25.7 Å². The molecule has 2 fully saturated rings. The Morgan fingerprint density at radius 3 is 2.62 bits per heavy atom. The first-order chi connectivity index (χ1) is 11.7. The van der Waals surface area contributed by atoms with Gasteiger partial charge in [0.15, 0.2) is 5.65 Å². The standard InChI is InChI=1S/C18H20ClN5/c1-11-6-8-23(9-7-11)18-20-15-10-13(19)4-5-14(15)17-22-21-16(24(17)18)12-2-3-12/h4-5,10-12H,2-3,6-9H2,1H3. The van der Waals surface area contributed by atoms with Gasteiger partial charge in [-0.15, -0.1) is 10.2 Å². The van der Waals surface area contributed by atoms with Gasteiger partial charge in [-0.3, -0.25) is 0 Å². The Morgan fingerprint density at radius 1 is 1.08 bits per heavy atom. The normalized spacial score (nSPS) is 19.5. The van der Waals surface area contributed by atoms with Gasteiger partial charge in [0.2, 0.25) is 5.95 Å². The monoisotopic (exact) mass is 341 g/mol. The van der Waals surface area contributed by atoms with Crippen molar-refractivity contribution in [3.8, 4) is 0 Å². The van der Waals surface area contributed by atoms with Gasteiger partial charge in [0, 0.05) is 29.4 Å². The molecular formula is C18H20ClN5. The fourth-order valence-corrected chi connectivity index (χ4v) is 3.80. The highest BCUT2D eigenvalue weighted by Crippen LogP contribution is 2.41. The van der Waals surface area contributed by atoms with Crippen molar-refractivity contribution < 1.29 is 0 Å². The fraction of sp³-hybridized carbons (Fsp3) is 0.500.